The number of esters is 1. The number of hydrogen-bond donors (Lipinski definition) is 3. The third-order valence-corrected chi connectivity index (χ3v) is 5.39. The van der Waals surface area contributed by atoms with E-state index in [1.165, 1.54) is 0 Å². The molecule has 1 aliphatic rings. The zero-order valence-corrected chi connectivity index (χ0v) is 18.4. The lowest BCUT2D eigenvalue weighted by Gasteiger charge is -2.31. The summed E-state index contributed by atoms with van der Waals surface area (Å²) in [6, 6.07) is 14.8. The monoisotopic (exact) mass is 458 g/mol. The molecule has 1 heterocycles. The second kappa shape index (κ2) is 11.3. The molecule has 2 aromatic carbocycles. The number of amidine groups is 1. The molecule has 0 aliphatic carbocycles. The maximum atomic E-state index is 12.8. The zero-order chi connectivity index (χ0) is 22.4. The Hall–Kier alpha value is -3.39. The minimum absolute atomic E-state index is 0. The largest absolute Gasteiger partial charge is 0.456 e. The summed E-state index contributed by atoms with van der Waals surface area (Å²) in [5.41, 5.74) is 13.7. The lowest BCUT2D eigenvalue weighted by atomic mass is 9.93. The van der Waals surface area contributed by atoms with Crippen LogP contribution >= 0.6 is 12.4 Å². The number of nitrogen functional groups attached to an aromatic ring is 1. The van der Waals surface area contributed by atoms with Crippen LogP contribution in [0.15, 0.2) is 48.5 Å². The average molecular weight is 459 g/mol. The number of amides is 2. The average Bonchev–Trinajstić information content (AvgIpc) is 2.78. The van der Waals surface area contributed by atoms with Gasteiger partial charge < -0.3 is 21.1 Å². The Labute approximate surface area is 192 Å². The first-order chi connectivity index (χ1) is 14.8. The minimum atomic E-state index is -0.673. The van der Waals surface area contributed by atoms with Crippen molar-refractivity contribution in [2.75, 3.05) is 19.7 Å². The molecule has 0 saturated carbocycles. The molecule has 9 heteroatoms. The Balaban J connectivity index is 0.00000363. The normalized spacial score (nSPS) is 13.7. The van der Waals surface area contributed by atoms with E-state index in [2.05, 4.69) is 0 Å². The molecule has 0 unspecified atom stereocenters. The third kappa shape index (κ3) is 6.55. The van der Waals surface area contributed by atoms with Crippen molar-refractivity contribution in [1.29, 1.82) is 5.41 Å². The fourth-order valence-electron chi connectivity index (χ4n) is 3.62. The van der Waals surface area contributed by atoms with E-state index in [4.69, 9.17) is 21.6 Å². The first-order valence-corrected chi connectivity index (χ1v) is 10.1. The van der Waals surface area contributed by atoms with E-state index in [0.717, 1.165) is 11.1 Å². The van der Waals surface area contributed by atoms with E-state index in [9.17, 15) is 14.4 Å². The summed E-state index contributed by atoms with van der Waals surface area (Å²) in [4.78, 5) is 37.0. The molecule has 5 N–H and O–H groups in total. The smallest absolute Gasteiger partial charge is 0.306 e. The van der Waals surface area contributed by atoms with Crippen LogP contribution in [0.25, 0.3) is 11.1 Å². The molecule has 32 heavy (non-hydrogen) atoms. The summed E-state index contributed by atoms with van der Waals surface area (Å²) in [6.07, 6.45) is 1.64. The molecule has 0 radical (unpaired) electrons. The van der Waals surface area contributed by atoms with Gasteiger partial charge in [-0.15, -0.1) is 12.4 Å². The van der Waals surface area contributed by atoms with E-state index < -0.39 is 18.5 Å². The van der Waals surface area contributed by atoms with Crippen molar-refractivity contribution in [3.05, 3.63) is 59.7 Å². The van der Waals surface area contributed by atoms with E-state index in [1.807, 2.05) is 36.4 Å². The highest BCUT2D eigenvalue weighted by Crippen LogP contribution is 2.24. The molecule has 0 spiro atoms. The first-order valence-electron chi connectivity index (χ1n) is 10.1. The van der Waals surface area contributed by atoms with Gasteiger partial charge in [0.25, 0.3) is 11.8 Å². The molecule has 170 valence electrons. The van der Waals surface area contributed by atoms with Crippen LogP contribution in [-0.4, -0.2) is 48.2 Å². The summed E-state index contributed by atoms with van der Waals surface area (Å²) >= 11 is 0. The minimum Gasteiger partial charge on any atom is -0.456 e. The molecule has 2 amide bonds. The van der Waals surface area contributed by atoms with Crippen molar-refractivity contribution < 1.29 is 19.1 Å². The van der Waals surface area contributed by atoms with E-state index in [-0.39, 0.29) is 36.5 Å². The summed E-state index contributed by atoms with van der Waals surface area (Å²) in [6.45, 7) is 0.745. The molecule has 1 fully saturated rings. The summed E-state index contributed by atoms with van der Waals surface area (Å²) in [5, 5.41) is 7.46. The van der Waals surface area contributed by atoms with Crippen LogP contribution in [0.4, 0.5) is 0 Å². The molecular formula is C23H27ClN4O4. The molecule has 2 aromatic rings. The topological polar surface area (TPSA) is 140 Å². The lowest BCUT2D eigenvalue weighted by molar-refractivity contribution is -0.149. The summed E-state index contributed by atoms with van der Waals surface area (Å²) in [7, 11) is 0. The van der Waals surface area contributed by atoms with E-state index >= 15 is 0 Å². The maximum Gasteiger partial charge on any atom is 0.306 e. The van der Waals surface area contributed by atoms with Crippen LogP contribution in [-0.2, 0) is 14.3 Å². The van der Waals surface area contributed by atoms with Crippen molar-refractivity contribution >= 4 is 36.0 Å². The molecule has 0 atom stereocenters. The first kappa shape index (κ1) is 24.9. The fraction of sp³-hybridized carbons (Fsp3) is 0.304. The van der Waals surface area contributed by atoms with Gasteiger partial charge in [0.15, 0.2) is 6.61 Å². The van der Waals surface area contributed by atoms with Crippen LogP contribution in [0.2, 0.25) is 0 Å². The van der Waals surface area contributed by atoms with Gasteiger partial charge in [-0.2, -0.15) is 0 Å². The van der Waals surface area contributed by atoms with Gasteiger partial charge >= 0.3 is 5.97 Å². The molecule has 3 rings (SSSR count). The number of carbonyl (C=O) groups excluding carboxylic acids is 3. The Bertz CT molecular complexity index is 968. The Morgan fingerprint density at radius 1 is 0.906 bits per heavy atom. The van der Waals surface area contributed by atoms with Crippen molar-refractivity contribution in [2.45, 2.75) is 19.3 Å². The number of nitrogens with one attached hydrogen (secondary N) is 1. The highest BCUT2D eigenvalue weighted by molar-refractivity contribution is 5.96. The van der Waals surface area contributed by atoms with Gasteiger partial charge in [0.05, 0.1) is 0 Å². The number of rotatable bonds is 7. The number of halogens is 1. The Morgan fingerprint density at radius 3 is 1.88 bits per heavy atom. The van der Waals surface area contributed by atoms with Crippen molar-refractivity contribution in [3.63, 3.8) is 0 Å². The number of benzene rings is 2. The van der Waals surface area contributed by atoms with Crippen molar-refractivity contribution in [2.24, 2.45) is 17.4 Å². The molecule has 0 bridgehead atoms. The highest BCUT2D eigenvalue weighted by atomic mass is 35.5. The number of ether oxygens (including phenoxy) is 1. The van der Waals surface area contributed by atoms with Crippen LogP contribution in [0.1, 0.15) is 35.2 Å². The third-order valence-electron chi connectivity index (χ3n) is 5.39. The number of piperidine rings is 1. The van der Waals surface area contributed by atoms with Gasteiger partial charge in [0, 0.05) is 30.6 Å². The number of nitrogens with two attached hydrogens (primary N) is 2. The maximum absolute atomic E-state index is 12.8. The van der Waals surface area contributed by atoms with Gasteiger partial charge in [0.1, 0.15) is 5.84 Å². The Kier molecular flexibility index (Phi) is 8.78. The van der Waals surface area contributed by atoms with Gasteiger partial charge in [-0.05, 0) is 42.0 Å². The number of likely N-dealkylation sites (tertiary alicyclic amines) is 1. The van der Waals surface area contributed by atoms with Crippen molar-refractivity contribution in [3.8, 4) is 11.1 Å². The quantitative estimate of drug-likeness (QED) is 0.332. The second-order valence-corrected chi connectivity index (χ2v) is 7.64. The van der Waals surface area contributed by atoms with Crippen LogP contribution in [0.5, 0.6) is 0 Å². The summed E-state index contributed by atoms with van der Waals surface area (Å²) in [5.74, 6) is -0.986. The predicted octanol–water partition coefficient (Wildman–Crippen LogP) is 2.33. The fourth-order valence-corrected chi connectivity index (χ4v) is 3.62. The molecular weight excluding hydrogens is 432 g/mol. The number of primary amides is 1. The highest BCUT2D eigenvalue weighted by Gasteiger charge is 2.25. The lowest BCUT2D eigenvalue weighted by Crippen LogP contribution is -2.39. The van der Waals surface area contributed by atoms with Gasteiger partial charge in [0.2, 0.25) is 0 Å². The van der Waals surface area contributed by atoms with Crippen molar-refractivity contribution in [1.82, 2.24) is 4.90 Å². The zero-order valence-electron chi connectivity index (χ0n) is 17.6. The number of nitrogens with zero attached hydrogens (tertiary/aromatic N) is 1. The standard InChI is InChI=1S/C23H26N4O4.ClH/c24-20(28)14-31-21(29)13-15-9-11-27(12-10-15)23(30)19-7-3-17(4-8-19)16-1-5-18(6-2-16)22(25)26;/h1-8,15H,9-14H2,(H2,24,28)(H3,25,26);1H. The van der Waals surface area contributed by atoms with E-state index in [0.29, 0.717) is 37.1 Å². The second-order valence-electron chi connectivity index (χ2n) is 7.64. The van der Waals surface area contributed by atoms with Crippen LogP contribution < -0.4 is 11.5 Å². The molecule has 8 nitrogen and oxygen atoms in total. The molecule has 1 saturated heterocycles. The van der Waals surface area contributed by atoms with Gasteiger partial charge in [-0.3, -0.25) is 19.8 Å². The van der Waals surface area contributed by atoms with Crippen LogP contribution in [0.3, 0.4) is 0 Å². The van der Waals surface area contributed by atoms with Gasteiger partial charge in [-0.1, -0.05) is 36.4 Å². The SMILES string of the molecule is Cl.N=C(N)c1ccc(-c2ccc(C(=O)N3CCC(CC(=O)OCC(N)=O)CC3)cc2)cc1. The predicted molar refractivity (Wildman–Crippen MR) is 124 cm³/mol. The van der Waals surface area contributed by atoms with E-state index in [1.54, 1.807) is 17.0 Å². The van der Waals surface area contributed by atoms with Crippen LogP contribution in [0, 0.1) is 11.3 Å². The number of hydrogen-bond acceptors (Lipinski definition) is 5. The summed E-state index contributed by atoms with van der Waals surface area (Å²) < 4.78 is 4.80. The number of carbonyl (C=O) groups is 3. The Morgan fingerprint density at radius 2 is 1.41 bits per heavy atom. The molecule has 1 aliphatic heterocycles. The van der Waals surface area contributed by atoms with Gasteiger partial charge in [-0.25, -0.2) is 0 Å². The molecule has 0 aromatic heterocycles.